The zero-order valence-corrected chi connectivity index (χ0v) is 12.8. The van der Waals surface area contributed by atoms with Gasteiger partial charge in [-0.2, -0.15) is 0 Å². The predicted molar refractivity (Wildman–Crippen MR) is 86.3 cm³/mol. The first-order chi connectivity index (χ1) is 10.2. The standard InChI is InChI=1S/C18H24N2O/c1-20-12-15(18(19)21)17-14(8-5-9-16(17)20)11-10-13-6-3-2-4-7-13/h5,8-9,12-13H,2-4,6-7,10-11H2,1H3,(H2,19,21). The Hall–Kier alpha value is -1.77. The van der Waals surface area contributed by atoms with Crippen LogP contribution in [0, 0.1) is 5.92 Å². The van der Waals surface area contributed by atoms with Crippen molar-refractivity contribution in [1.82, 2.24) is 4.57 Å². The number of nitrogens with two attached hydrogens (primary N) is 1. The molecule has 0 radical (unpaired) electrons. The highest BCUT2D eigenvalue weighted by atomic mass is 16.1. The van der Waals surface area contributed by atoms with E-state index in [0.29, 0.717) is 5.56 Å². The Morgan fingerprint density at radius 2 is 2.05 bits per heavy atom. The molecule has 112 valence electrons. The third kappa shape index (κ3) is 2.82. The first-order valence-electron chi connectivity index (χ1n) is 8.03. The second kappa shape index (κ2) is 5.92. The number of aryl methyl sites for hydroxylation is 2. The van der Waals surface area contributed by atoms with E-state index in [1.54, 1.807) is 0 Å². The third-order valence-electron chi connectivity index (χ3n) is 4.91. The Labute approximate surface area is 126 Å². The van der Waals surface area contributed by atoms with E-state index in [4.69, 9.17) is 5.73 Å². The molecular formula is C18H24N2O. The van der Waals surface area contributed by atoms with Crippen LogP contribution in [0.15, 0.2) is 24.4 Å². The fourth-order valence-corrected chi connectivity index (χ4v) is 3.75. The average molecular weight is 284 g/mol. The van der Waals surface area contributed by atoms with Gasteiger partial charge in [-0.25, -0.2) is 0 Å². The van der Waals surface area contributed by atoms with Crippen LogP contribution in [0.2, 0.25) is 0 Å². The van der Waals surface area contributed by atoms with Crippen molar-refractivity contribution in [2.24, 2.45) is 18.7 Å². The second-order valence-corrected chi connectivity index (χ2v) is 6.37. The molecule has 1 saturated carbocycles. The van der Waals surface area contributed by atoms with Crippen molar-refractivity contribution in [3.8, 4) is 0 Å². The number of hydrogen-bond donors (Lipinski definition) is 1. The lowest BCUT2D eigenvalue weighted by atomic mass is 9.85. The van der Waals surface area contributed by atoms with Gasteiger partial charge in [-0.1, -0.05) is 44.2 Å². The van der Waals surface area contributed by atoms with Gasteiger partial charge in [0.1, 0.15) is 0 Å². The number of aromatic nitrogens is 1. The van der Waals surface area contributed by atoms with Crippen LogP contribution < -0.4 is 5.73 Å². The first kappa shape index (κ1) is 14.2. The molecular weight excluding hydrogens is 260 g/mol. The van der Waals surface area contributed by atoms with Gasteiger partial charge >= 0.3 is 0 Å². The van der Waals surface area contributed by atoms with Gasteiger partial charge in [0.15, 0.2) is 0 Å². The van der Waals surface area contributed by atoms with Gasteiger partial charge in [-0.05, 0) is 30.4 Å². The monoisotopic (exact) mass is 284 g/mol. The van der Waals surface area contributed by atoms with Crippen LogP contribution in [-0.4, -0.2) is 10.5 Å². The molecule has 21 heavy (non-hydrogen) atoms. The minimum absolute atomic E-state index is 0.328. The van der Waals surface area contributed by atoms with Crippen molar-refractivity contribution in [2.45, 2.75) is 44.9 Å². The lowest BCUT2D eigenvalue weighted by molar-refractivity contribution is 0.100. The topological polar surface area (TPSA) is 48.0 Å². The van der Waals surface area contributed by atoms with Crippen LogP contribution >= 0.6 is 0 Å². The lowest BCUT2D eigenvalue weighted by Gasteiger charge is -2.21. The van der Waals surface area contributed by atoms with Crippen LogP contribution in [0.5, 0.6) is 0 Å². The van der Waals surface area contributed by atoms with E-state index in [1.807, 2.05) is 17.8 Å². The van der Waals surface area contributed by atoms with Gasteiger partial charge < -0.3 is 10.3 Å². The SMILES string of the molecule is Cn1cc(C(N)=O)c2c(CCC3CCCCC3)cccc21. The summed E-state index contributed by atoms with van der Waals surface area (Å²) in [5.41, 5.74) is 8.58. The predicted octanol–water partition coefficient (Wildman–Crippen LogP) is 3.79. The van der Waals surface area contributed by atoms with Gasteiger partial charge in [0.2, 0.25) is 0 Å². The van der Waals surface area contributed by atoms with Gasteiger partial charge in [-0.3, -0.25) is 4.79 Å². The Bertz CT molecular complexity index is 651. The molecule has 0 spiro atoms. The molecule has 1 aromatic heterocycles. The molecule has 2 aromatic rings. The highest BCUT2D eigenvalue weighted by Gasteiger charge is 2.17. The molecule has 1 aliphatic rings. The molecule has 1 aliphatic carbocycles. The molecule has 3 rings (SSSR count). The maximum absolute atomic E-state index is 11.7. The molecule has 0 saturated heterocycles. The first-order valence-corrected chi connectivity index (χ1v) is 8.03. The molecule has 1 heterocycles. The molecule has 0 bridgehead atoms. The van der Waals surface area contributed by atoms with Crippen molar-refractivity contribution in [2.75, 3.05) is 0 Å². The zero-order chi connectivity index (χ0) is 14.8. The van der Waals surface area contributed by atoms with Crippen molar-refractivity contribution in [3.63, 3.8) is 0 Å². The minimum Gasteiger partial charge on any atom is -0.366 e. The summed E-state index contributed by atoms with van der Waals surface area (Å²) >= 11 is 0. The summed E-state index contributed by atoms with van der Waals surface area (Å²) in [5, 5.41) is 1.06. The summed E-state index contributed by atoms with van der Waals surface area (Å²) in [6.45, 7) is 0. The largest absolute Gasteiger partial charge is 0.366 e. The number of amides is 1. The quantitative estimate of drug-likeness (QED) is 0.912. The van der Waals surface area contributed by atoms with Crippen LogP contribution in [0.3, 0.4) is 0 Å². The molecule has 3 nitrogen and oxygen atoms in total. The normalized spacial score (nSPS) is 16.4. The molecule has 0 aliphatic heterocycles. The lowest BCUT2D eigenvalue weighted by Crippen LogP contribution is -2.11. The van der Waals surface area contributed by atoms with Crippen LogP contribution in [0.4, 0.5) is 0 Å². The molecule has 3 heteroatoms. The maximum atomic E-state index is 11.7. The number of fused-ring (bicyclic) bond motifs is 1. The Morgan fingerprint density at radius 3 is 2.76 bits per heavy atom. The maximum Gasteiger partial charge on any atom is 0.250 e. The summed E-state index contributed by atoms with van der Waals surface area (Å²) in [7, 11) is 1.97. The smallest absolute Gasteiger partial charge is 0.250 e. The number of nitrogens with zero attached hydrogens (tertiary/aromatic N) is 1. The van der Waals surface area contributed by atoms with E-state index >= 15 is 0 Å². The number of rotatable bonds is 4. The number of hydrogen-bond acceptors (Lipinski definition) is 1. The minimum atomic E-state index is -0.328. The molecule has 0 unspecified atom stereocenters. The highest BCUT2D eigenvalue weighted by Crippen LogP contribution is 2.30. The Morgan fingerprint density at radius 1 is 1.29 bits per heavy atom. The number of carbonyl (C=O) groups is 1. The highest BCUT2D eigenvalue weighted by molar-refractivity contribution is 6.07. The van der Waals surface area contributed by atoms with Crippen molar-refractivity contribution in [1.29, 1.82) is 0 Å². The Balaban J connectivity index is 1.88. The summed E-state index contributed by atoms with van der Waals surface area (Å²) in [6.07, 6.45) is 11.0. The van der Waals surface area contributed by atoms with Crippen molar-refractivity contribution in [3.05, 3.63) is 35.5 Å². The summed E-state index contributed by atoms with van der Waals surface area (Å²) in [4.78, 5) is 11.7. The van der Waals surface area contributed by atoms with E-state index < -0.39 is 0 Å². The van der Waals surface area contributed by atoms with Gasteiger partial charge in [0, 0.05) is 24.1 Å². The molecule has 1 fully saturated rings. The Kier molecular flexibility index (Phi) is 4.00. The van der Waals surface area contributed by atoms with Gasteiger partial charge in [0.05, 0.1) is 5.56 Å². The summed E-state index contributed by atoms with van der Waals surface area (Å²) in [6, 6.07) is 6.30. The van der Waals surface area contributed by atoms with Crippen molar-refractivity contribution >= 4 is 16.8 Å². The third-order valence-corrected chi connectivity index (χ3v) is 4.91. The van der Waals surface area contributed by atoms with E-state index in [0.717, 1.165) is 23.2 Å². The number of benzene rings is 1. The summed E-state index contributed by atoms with van der Waals surface area (Å²) in [5.74, 6) is 0.528. The molecule has 0 atom stereocenters. The van der Waals surface area contributed by atoms with E-state index in [2.05, 4.69) is 18.2 Å². The van der Waals surface area contributed by atoms with E-state index in [1.165, 1.54) is 44.1 Å². The summed E-state index contributed by atoms with van der Waals surface area (Å²) < 4.78 is 2.00. The average Bonchev–Trinajstić information content (AvgIpc) is 2.84. The second-order valence-electron chi connectivity index (χ2n) is 6.37. The fourth-order valence-electron chi connectivity index (χ4n) is 3.75. The molecule has 2 N–H and O–H groups in total. The van der Waals surface area contributed by atoms with Crippen molar-refractivity contribution < 1.29 is 4.79 Å². The number of carbonyl (C=O) groups excluding carboxylic acids is 1. The van der Waals surface area contributed by atoms with Gasteiger partial charge in [0.25, 0.3) is 5.91 Å². The van der Waals surface area contributed by atoms with E-state index in [-0.39, 0.29) is 5.91 Å². The van der Waals surface area contributed by atoms with Crippen LogP contribution in [0.1, 0.15) is 54.4 Å². The van der Waals surface area contributed by atoms with Gasteiger partial charge in [-0.15, -0.1) is 0 Å². The van der Waals surface area contributed by atoms with Crippen LogP contribution in [-0.2, 0) is 13.5 Å². The molecule has 1 aromatic carbocycles. The van der Waals surface area contributed by atoms with Crippen LogP contribution in [0.25, 0.3) is 10.9 Å². The molecule has 1 amide bonds. The fraction of sp³-hybridized carbons (Fsp3) is 0.500. The number of primary amides is 1. The van der Waals surface area contributed by atoms with E-state index in [9.17, 15) is 4.79 Å². The zero-order valence-electron chi connectivity index (χ0n) is 12.8.